The Balaban J connectivity index is 1.86. The van der Waals surface area contributed by atoms with Crippen molar-refractivity contribution < 1.29 is 4.74 Å². The summed E-state index contributed by atoms with van der Waals surface area (Å²) in [6.07, 6.45) is 3.08. The van der Waals surface area contributed by atoms with Crippen LogP contribution in [0.25, 0.3) is 0 Å². The summed E-state index contributed by atoms with van der Waals surface area (Å²) in [7, 11) is 1.70. The average Bonchev–Trinajstić information content (AvgIpc) is 2.46. The summed E-state index contributed by atoms with van der Waals surface area (Å²) in [5.41, 5.74) is 1.29. The Kier molecular flexibility index (Phi) is 4.65. The fourth-order valence-electron chi connectivity index (χ4n) is 2.30. The zero-order valence-corrected chi connectivity index (χ0v) is 11.1. The SMILES string of the molecule is C=CCCN1CCN(c2ccc(OC)cc2)CC1. The Morgan fingerprint density at radius 3 is 2.39 bits per heavy atom. The van der Waals surface area contributed by atoms with Gasteiger partial charge < -0.3 is 9.64 Å². The fraction of sp³-hybridized carbons (Fsp3) is 0.467. The second-order valence-electron chi connectivity index (χ2n) is 4.60. The number of anilines is 1. The molecule has 0 atom stereocenters. The van der Waals surface area contributed by atoms with Gasteiger partial charge in [0.05, 0.1) is 7.11 Å². The molecule has 3 nitrogen and oxygen atoms in total. The van der Waals surface area contributed by atoms with Crippen LogP contribution in [0, 0.1) is 0 Å². The molecule has 1 aliphatic rings. The minimum atomic E-state index is 0.920. The molecule has 1 heterocycles. The third-order valence-electron chi connectivity index (χ3n) is 3.46. The van der Waals surface area contributed by atoms with Gasteiger partial charge in [-0.2, -0.15) is 0 Å². The third kappa shape index (κ3) is 3.26. The van der Waals surface area contributed by atoms with Crippen molar-refractivity contribution in [1.29, 1.82) is 0 Å². The van der Waals surface area contributed by atoms with Gasteiger partial charge in [0.25, 0.3) is 0 Å². The summed E-state index contributed by atoms with van der Waals surface area (Å²) in [4.78, 5) is 4.94. The van der Waals surface area contributed by atoms with Crippen LogP contribution < -0.4 is 9.64 Å². The molecule has 1 aromatic rings. The second kappa shape index (κ2) is 6.45. The topological polar surface area (TPSA) is 15.7 Å². The normalized spacial score (nSPS) is 16.6. The van der Waals surface area contributed by atoms with Gasteiger partial charge in [-0.25, -0.2) is 0 Å². The highest BCUT2D eigenvalue weighted by atomic mass is 16.5. The van der Waals surface area contributed by atoms with E-state index < -0.39 is 0 Å². The number of rotatable bonds is 5. The van der Waals surface area contributed by atoms with E-state index in [-0.39, 0.29) is 0 Å². The lowest BCUT2D eigenvalue weighted by molar-refractivity contribution is 0.262. The standard InChI is InChI=1S/C15H22N2O/c1-3-4-9-16-10-12-17(13-11-16)14-5-7-15(18-2)8-6-14/h3,5-8H,1,4,9-13H2,2H3. The van der Waals surface area contributed by atoms with Crippen LogP contribution >= 0.6 is 0 Å². The van der Waals surface area contributed by atoms with Crippen molar-refractivity contribution in [2.75, 3.05) is 44.7 Å². The molecule has 98 valence electrons. The van der Waals surface area contributed by atoms with Gasteiger partial charge in [-0.3, -0.25) is 4.90 Å². The molecule has 0 aromatic heterocycles. The molecule has 0 bridgehead atoms. The molecule has 0 amide bonds. The monoisotopic (exact) mass is 246 g/mol. The predicted molar refractivity (Wildman–Crippen MR) is 76.5 cm³/mol. The molecule has 1 aromatic carbocycles. The predicted octanol–water partition coefficient (Wildman–Crippen LogP) is 2.39. The molecule has 1 fully saturated rings. The van der Waals surface area contributed by atoms with Gasteiger partial charge in [-0.05, 0) is 30.7 Å². The van der Waals surface area contributed by atoms with Crippen LogP contribution in [-0.2, 0) is 0 Å². The van der Waals surface area contributed by atoms with Gasteiger partial charge in [-0.15, -0.1) is 6.58 Å². The van der Waals surface area contributed by atoms with Crippen LogP contribution in [0.5, 0.6) is 5.75 Å². The van der Waals surface area contributed by atoms with E-state index in [0.29, 0.717) is 0 Å². The Labute approximate surface area is 110 Å². The zero-order valence-electron chi connectivity index (χ0n) is 11.1. The maximum atomic E-state index is 5.18. The summed E-state index contributed by atoms with van der Waals surface area (Å²) in [6.45, 7) is 9.39. The maximum Gasteiger partial charge on any atom is 0.119 e. The van der Waals surface area contributed by atoms with Crippen LogP contribution in [0.3, 0.4) is 0 Å². The number of ether oxygens (including phenoxy) is 1. The molecule has 0 spiro atoms. The van der Waals surface area contributed by atoms with Crippen molar-refractivity contribution >= 4 is 5.69 Å². The lowest BCUT2D eigenvalue weighted by atomic mass is 10.2. The Bertz CT molecular complexity index is 367. The second-order valence-corrected chi connectivity index (χ2v) is 4.60. The van der Waals surface area contributed by atoms with Gasteiger partial charge in [0.1, 0.15) is 5.75 Å². The van der Waals surface area contributed by atoms with Gasteiger partial charge in [0, 0.05) is 38.4 Å². The van der Waals surface area contributed by atoms with E-state index in [2.05, 4.69) is 28.5 Å². The molecule has 2 rings (SSSR count). The molecule has 0 unspecified atom stereocenters. The van der Waals surface area contributed by atoms with Gasteiger partial charge in [-0.1, -0.05) is 6.08 Å². The first-order valence-corrected chi connectivity index (χ1v) is 6.55. The first kappa shape index (κ1) is 13.0. The fourth-order valence-corrected chi connectivity index (χ4v) is 2.30. The molecule has 18 heavy (non-hydrogen) atoms. The Morgan fingerprint density at radius 2 is 1.83 bits per heavy atom. The number of piperazine rings is 1. The highest BCUT2D eigenvalue weighted by molar-refractivity contribution is 5.49. The van der Waals surface area contributed by atoms with Gasteiger partial charge >= 0.3 is 0 Å². The third-order valence-corrected chi connectivity index (χ3v) is 3.46. The van der Waals surface area contributed by atoms with E-state index in [0.717, 1.165) is 44.9 Å². The van der Waals surface area contributed by atoms with E-state index in [1.54, 1.807) is 7.11 Å². The highest BCUT2D eigenvalue weighted by Crippen LogP contribution is 2.20. The van der Waals surface area contributed by atoms with E-state index in [9.17, 15) is 0 Å². The number of nitrogens with zero attached hydrogens (tertiary/aromatic N) is 2. The molecule has 3 heteroatoms. The lowest BCUT2D eigenvalue weighted by Crippen LogP contribution is -2.46. The molecule has 0 aliphatic carbocycles. The average molecular weight is 246 g/mol. The summed E-state index contributed by atoms with van der Waals surface area (Å²) >= 11 is 0. The highest BCUT2D eigenvalue weighted by Gasteiger charge is 2.16. The maximum absolute atomic E-state index is 5.18. The van der Waals surface area contributed by atoms with E-state index >= 15 is 0 Å². The van der Waals surface area contributed by atoms with Gasteiger partial charge in [0.15, 0.2) is 0 Å². The molecule has 0 N–H and O–H groups in total. The van der Waals surface area contributed by atoms with Crippen molar-refractivity contribution in [3.8, 4) is 5.75 Å². The van der Waals surface area contributed by atoms with Crippen molar-refractivity contribution in [3.05, 3.63) is 36.9 Å². The number of methoxy groups -OCH3 is 1. The first-order valence-electron chi connectivity index (χ1n) is 6.55. The number of benzene rings is 1. The van der Waals surface area contributed by atoms with E-state index in [1.165, 1.54) is 5.69 Å². The van der Waals surface area contributed by atoms with Crippen molar-refractivity contribution in [2.24, 2.45) is 0 Å². The van der Waals surface area contributed by atoms with Crippen LogP contribution in [0.2, 0.25) is 0 Å². The number of hydrogen-bond donors (Lipinski definition) is 0. The van der Waals surface area contributed by atoms with E-state index in [1.807, 2.05) is 18.2 Å². The minimum absolute atomic E-state index is 0.920. The molecule has 0 radical (unpaired) electrons. The summed E-state index contributed by atoms with van der Waals surface area (Å²) in [5, 5.41) is 0. The Hall–Kier alpha value is -1.48. The van der Waals surface area contributed by atoms with Crippen LogP contribution in [0.1, 0.15) is 6.42 Å². The minimum Gasteiger partial charge on any atom is -0.497 e. The first-order chi connectivity index (χ1) is 8.83. The van der Waals surface area contributed by atoms with Crippen molar-refractivity contribution in [3.63, 3.8) is 0 Å². The van der Waals surface area contributed by atoms with Crippen molar-refractivity contribution in [1.82, 2.24) is 4.90 Å². The molecule has 1 saturated heterocycles. The smallest absolute Gasteiger partial charge is 0.119 e. The van der Waals surface area contributed by atoms with Crippen LogP contribution in [0.15, 0.2) is 36.9 Å². The van der Waals surface area contributed by atoms with Crippen LogP contribution in [0.4, 0.5) is 5.69 Å². The zero-order chi connectivity index (χ0) is 12.8. The summed E-state index contributed by atoms with van der Waals surface area (Å²) in [6, 6.07) is 8.33. The quantitative estimate of drug-likeness (QED) is 0.742. The molecular formula is C15H22N2O. The Morgan fingerprint density at radius 1 is 1.17 bits per heavy atom. The van der Waals surface area contributed by atoms with E-state index in [4.69, 9.17) is 4.74 Å². The molecular weight excluding hydrogens is 224 g/mol. The van der Waals surface area contributed by atoms with Gasteiger partial charge in [0.2, 0.25) is 0 Å². The summed E-state index contributed by atoms with van der Waals surface area (Å²) < 4.78 is 5.18. The lowest BCUT2D eigenvalue weighted by Gasteiger charge is -2.36. The van der Waals surface area contributed by atoms with Crippen molar-refractivity contribution in [2.45, 2.75) is 6.42 Å². The largest absolute Gasteiger partial charge is 0.497 e. The van der Waals surface area contributed by atoms with Crippen LogP contribution in [-0.4, -0.2) is 44.7 Å². The molecule has 1 aliphatic heterocycles. The summed E-state index contributed by atoms with van der Waals surface area (Å²) in [5.74, 6) is 0.920. The molecule has 0 saturated carbocycles. The number of hydrogen-bond acceptors (Lipinski definition) is 3.